The van der Waals surface area contributed by atoms with Crippen LogP contribution in [0.1, 0.15) is 20.3 Å². The summed E-state index contributed by atoms with van der Waals surface area (Å²) in [6.45, 7) is 5.38. The van der Waals surface area contributed by atoms with E-state index in [2.05, 4.69) is 19.2 Å². The molecule has 1 aromatic carbocycles. The fraction of sp³-hybridized carbons (Fsp3) is 0.500. The fourth-order valence-electron chi connectivity index (χ4n) is 1.21. The second-order valence-electron chi connectivity index (χ2n) is 3.74. The standard InChI is InChI=1S/C12H18ClNO/c1-4-9(2)8-14-10-5-6-12(15-3)11(13)7-10/h5-7,9,14H,4,8H2,1-3H3. The molecule has 1 atom stereocenters. The van der Waals surface area contributed by atoms with Crippen molar-refractivity contribution in [3.8, 4) is 5.75 Å². The Morgan fingerprint density at radius 3 is 2.73 bits per heavy atom. The maximum atomic E-state index is 6.01. The Morgan fingerprint density at radius 1 is 1.47 bits per heavy atom. The van der Waals surface area contributed by atoms with Gasteiger partial charge in [-0.2, -0.15) is 0 Å². The largest absolute Gasteiger partial charge is 0.495 e. The number of hydrogen-bond acceptors (Lipinski definition) is 2. The quantitative estimate of drug-likeness (QED) is 0.826. The Morgan fingerprint density at radius 2 is 2.20 bits per heavy atom. The zero-order valence-corrected chi connectivity index (χ0v) is 10.3. The average molecular weight is 228 g/mol. The summed E-state index contributed by atoms with van der Waals surface area (Å²) in [5.41, 5.74) is 1.04. The van der Waals surface area contributed by atoms with Gasteiger partial charge in [-0.15, -0.1) is 0 Å². The molecule has 0 heterocycles. The normalized spacial score (nSPS) is 12.3. The van der Waals surface area contributed by atoms with Crippen LogP contribution in [0.5, 0.6) is 5.75 Å². The van der Waals surface area contributed by atoms with Crippen LogP contribution in [0.15, 0.2) is 18.2 Å². The molecule has 0 aliphatic carbocycles. The molecule has 0 saturated heterocycles. The monoisotopic (exact) mass is 227 g/mol. The van der Waals surface area contributed by atoms with Gasteiger partial charge >= 0.3 is 0 Å². The van der Waals surface area contributed by atoms with Crippen molar-refractivity contribution in [1.29, 1.82) is 0 Å². The van der Waals surface area contributed by atoms with E-state index in [1.165, 1.54) is 6.42 Å². The van der Waals surface area contributed by atoms with Crippen LogP contribution in [0.2, 0.25) is 5.02 Å². The van der Waals surface area contributed by atoms with Crippen LogP contribution < -0.4 is 10.1 Å². The van der Waals surface area contributed by atoms with Gasteiger partial charge in [0.2, 0.25) is 0 Å². The molecule has 3 heteroatoms. The van der Waals surface area contributed by atoms with Crippen LogP contribution in [0.4, 0.5) is 5.69 Å². The minimum absolute atomic E-state index is 0.645. The second-order valence-corrected chi connectivity index (χ2v) is 4.15. The molecule has 1 aromatic rings. The van der Waals surface area contributed by atoms with Crippen molar-refractivity contribution in [3.05, 3.63) is 23.2 Å². The first-order valence-corrected chi connectivity index (χ1v) is 5.62. The van der Waals surface area contributed by atoms with Gasteiger partial charge in [0.05, 0.1) is 12.1 Å². The van der Waals surface area contributed by atoms with Crippen LogP contribution in [0.25, 0.3) is 0 Å². The number of nitrogens with one attached hydrogen (secondary N) is 1. The highest BCUT2D eigenvalue weighted by Crippen LogP contribution is 2.27. The highest BCUT2D eigenvalue weighted by Gasteiger charge is 2.02. The van der Waals surface area contributed by atoms with Crippen molar-refractivity contribution in [2.45, 2.75) is 20.3 Å². The van der Waals surface area contributed by atoms with Gasteiger partial charge in [-0.05, 0) is 24.1 Å². The van der Waals surface area contributed by atoms with E-state index in [0.29, 0.717) is 16.7 Å². The SMILES string of the molecule is CCC(C)CNc1ccc(OC)c(Cl)c1. The van der Waals surface area contributed by atoms with Gasteiger partial charge in [0.1, 0.15) is 5.75 Å². The topological polar surface area (TPSA) is 21.3 Å². The molecule has 0 radical (unpaired) electrons. The lowest BCUT2D eigenvalue weighted by Gasteiger charge is -2.12. The van der Waals surface area contributed by atoms with E-state index in [0.717, 1.165) is 12.2 Å². The van der Waals surface area contributed by atoms with Crippen LogP contribution >= 0.6 is 11.6 Å². The predicted molar refractivity (Wildman–Crippen MR) is 65.9 cm³/mol. The first-order chi connectivity index (χ1) is 7.17. The molecule has 1 rings (SSSR count). The van der Waals surface area contributed by atoms with Gasteiger partial charge in [0.25, 0.3) is 0 Å². The van der Waals surface area contributed by atoms with E-state index in [1.54, 1.807) is 7.11 Å². The lowest BCUT2D eigenvalue weighted by Crippen LogP contribution is -2.10. The molecule has 0 amide bonds. The third-order valence-electron chi connectivity index (χ3n) is 2.50. The number of rotatable bonds is 5. The van der Waals surface area contributed by atoms with Gasteiger partial charge in [0, 0.05) is 12.2 Å². The summed E-state index contributed by atoms with van der Waals surface area (Å²) < 4.78 is 5.09. The molecule has 0 spiro atoms. The molecular formula is C12H18ClNO. The first-order valence-electron chi connectivity index (χ1n) is 5.24. The number of anilines is 1. The average Bonchev–Trinajstić information content (AvgIpc) is 2.26. The second kappa shape index (κ2) is 5.86. The summed E-state index contributed by atoms with van der Waals surface area (Å²) in [5, 5.41) is 3.99. The van der Waals surface area contributed by atoms with Crippen molar-refractivity contribution in [2.75, 3.05) is 19.0 Å². The summed E-state index contributed by atoms with van der Waals surface area (Å²) in [4.78, 5) is 0. The number of methoxy groups -OCH3 is 1. The van der Waals surface area contributed by atoms with Crippen LogP contribution in [-0.2, 0) is 0 Å². The van der Waals surface area contributed by atoms with Gasteiger partial charge in [0.15, 0.2) is 0 Å². The molecule has 0 aliphatic rings. The Kier molecular flexibility index (Phi) is 4.76. The van der Waals surface area contributed by atoms with Crippen LogP contribution in [0.3, 0.4) is 0 Å². The molecule has 0 aromatic heterocycles. The summed E-state index contributed by atoms with van der Waals surface area (Å²) in [6, 6.07) is 5.75. The minimum atomic E-state index is 0.645. The highest BCUT2D eigenvalue weighted by atomic mass is 35.5. The molecule has 2 nitrogen and oxygen atoms in total. The summed E-state index contributed by atoms with van der Waals surface area (Å²) in [5.74, 6) is 1.39. The van der Waals surface area contributed by atoms with E-state index < -0.39 is 0 Å². The van der Waals surface area contributed by atoms with E-state index in [4.69, 9.17) is 16.3 Å². The molecule has 84 valence electrons. The molecule has 15 heavy (non-hydrogen) atoms. The molecule has 1 unspecified atom stereocenters. The van der Waals surface area contributed by atoms with Gasteiger partial charge < -0.3 is 10.1 Å². The first kappa shape index (κ1) is 12.2. The van der Waals surface area contributed by atoms with Crippen LogP contribution in [-0.4, -0.2) is 13.7 Å². The number of benzene rings is 1. The van der Waals surface area contributed by atoms with Crippen molar-refractivity contribution >= 4 is 17.3 Å². The molecule has 0 fully saturated rings. The summed E-state index contributed by atoms with van der Waals surface area (Å²) >= 11 is 6.01. The van der Waals surface area contributed by atoms with Crippen molar-refractivity contribution in [3.63, 3.8) is 0 Å². The number of ether oxygens (including phenoxy) is 1. The lowest BCUT2D eigenvalue weighted by molar-refractivity contribution is 0.415. The zero-order chi connectivity index (χ0) is 11.3. The van der Waals surface area contributed by atoms with Gasteiger partial charge in [-0.1, -0.05) is 31.9 Å². The van der Waals surface area contributed by atoms with E-state index >= 15 is 0 Å². The maximum Gasteiger partial charge on any atom is 0.137 e. The van der Waals surface area contributed by atoms with Crippen molar-refractivity contribution in [1.82, 2.24) is 0 Å². The van der Waals surface area contributed by atoms with Crippen LogP contribution in [0, 0.1) is 5.92 Å². The van der Waals surface area contributed by atoms with E-state index in [-0.39, 0.29) is 0 Å². The Bertz CT molecular complexity index is 314. The third-order valence-corrected chi connectivity index (χ3v) is 2.80. The zero-order valence-electron chi connectivity index (χ0n) is 9.51. The Hall–Kier alpha value is -0.890. The van der Waals surface area contributed by atoms with E-state index in [1.807, 2.05) is 18.2 Å². The van der Waals surface area contributed by atoms with Crippen molar-refractivity contribution < 1.29 is 4.74 Å². The molecule has 1 N–H and O–H groups in total. The molecule has 0 aliphatic heterocycles. The maximum absolute atomic E-state index is 6.01. The number of halogens is 1. The third kappa shape index (κ3) is 3.63. The smallest absolute Gasteiger partial charge is 0.137 e. The Balaban J connectivity index is 2.59. The predicted octanol–water partition coefficient (Wildman–Crippen LogP) is 3.81. The highest BCUT2D eigenvalue weighted by molar-refractivity contribution is 6.32. The molecular weight excluding hydrogens is 210 g/mol. The molecule has 0 saturated carbocycles. The number of hydrogen-bond donors (Lipinski definition) is 1. The molecule has 0 bridgehead atoms. The summed E-state index contributed by atoms with van der Waals surface area (Å²) in [7, 11) is 1.62. The lowest BCUT2D eigenvalue weighted by atomic mass is 10.1. The van der Waals surface area contributed by atoms with E-state index in [9.17, 15) is 0 Å². The van der Waals surface area contributed by atoms with Gasteiger partial charge in [-0.25, -0.2) is 0 Å². The summed E-state index contributed by atoms with van der Waals surface area (Å²) in [6.07, 6.45) is 1.18. The minimum Gasteiger partial charge on any atom is -0.495 e. The fourth-order valence-corrected chi connectivity index (χ4v) is 1.47. The Labute approximate surface area is 96.6 Å². The van der Waals surface area contributed by atoms with Crippen molar-refractivity contribution in [2.24, 2.45) is 5.92 Å². The van der Waals surface area contributed by atoms with Gasteiger partial charge in [-0.3, -0.25) is 0 Å².